The summed E-state index contributed by atoms with van der Waals surface area (Å²) in [5.74, 6) is -0.0688. The van der Waals surface area contributed by atoms with Crippen molar-refractivity contribution in [3.8, 4) is 0 Å². The Labute approximate surface area is 374 Å². The molecule has 0 aromatic rings. The number of esters is 1. The Balaban J connectivity index is 3.45. The van der Waals surface area contributed by atoms with Gasteiger partial charge in [-0.25, -0.2) is 0 Å². The molecular formula is C54H105NO5. The van der Waals surface area contributed by atoms with Crippen molar-refractivity contribution in [2.75, 3.05) is 13.2 Å². The Bertz CT molecular complexity index is 893. The molecule has 60 heavy (non-hydrogen) atoms. The van der Waals surface area contributed by atoms with Gasteiger partial charge >= 0.3 is 5.97 Å². The van der Waals surface area contributed by atoms with Crippen LogP contribution in [0.3, 0.4) is 0 Å². The predicted octanol–water partition coefficient (Wildman–Crippen LogP) is 16.1. The molecule has 0 heterocycles. The molecule has 6 nitrogen and oxygen atoms in total. The Morgan fingerprint density at radius 1 is 0.450 bits per heavy atom. The highest BCUT2D eigenvalue weighted by atomic mass is 16.5. The van der Waals surface area contributed by atoms with Crippen LogP contribution in [0, 0.1) is 0 Å². The van der Waals surface area contributed by atoms with Gasteiger partial charge in [-0.15, -0.1) is 0 Å². The molecule has 356 valence electrons. The minimum absolute atomic E-state index is 0.0164. The number of hydrogen-bond donors (Lipinski definition) is 3. The molecule has 0 saturated heterocycles. The number of nitrogens with one attached hydrogen (secondary N) is 1. The van der Waals surface area contributed by atoms with Crippen molar-refractivity contribution >= 4 is 11.9 Å². The van der Waals surface area contributed by atoms with E-state index in [1.165, 1.54) is 205 Å². The quantitative estimate of drug-likeness (QED) is 0.0322. The molecule has 6 heteroatoms. The average Bonchev–Trinajstić information content (AvgIpc) is 3.25. The molecule has 0 aliphatic carbocycles. The monoisotopic (exact) mass is 848 g/mol. The van der Waals surface area contributed by atoms with Crippen LogP contribution in [0.15, 0.2) is 12.2 Å². The van der Waals surface area contributed by atoms with Crippen LogP contribution in [-0.2, 0) is 14.3 Å². The van der Waals surface area contributed by atoms with Crippen LogP contribution in [0.4, 0.5) is 0 Å². The van der Waals surface area contributed by atoms with Gasteiger partial charge in [0.1, 0.15) is 0 Å². The van der Waals surface area contributed by atoms with Gasteiger partial charge < -0.3 is 20.3 Å². The first-order chi connectivity index (χ1) is 29.5. The summed E-state index contributed by atoms with van der Waals surface area (Å²) in [7, 11) is 0. The largest absolute Gasteiger partial charge is 0.466 e. The zero-order valence-electron chi connectivity index (χ0n) is 40.5. The number of ether oxygens (including phenoxy) is 1. The number of unbranched alkanes of at least 4 members (excludes halogenated alkanes) is 37. The average molecular weight is 848 g/mol. The third-order valence-electron chi connectivity index (χ3n) is 12.6. The van der Waals surface area contributed by atoms with Gasteiger partial charge in [0, 0.05) is 12.8 Å². The molecule has 0 aliphatic heterocycles. The lowest BCUT2D eigenvalue weighted by Crippen LogP contribution is -2.45. The van der Waals surface area contributed by atoms with E-state index in [9.17, 15) is 19.8 Å². The van der Waals surface area contributed by atoms with Gasteiger partial charge in [-0.3, -0.25) is 9.59 Å². The molecule has 0 saturated carbocycles. The molecule has 0 rings (SSSR count). The molecule has 0 aliphatic rings. The fourth-order valence-corrected chi connectivity index (χ4v) is 8.40. The third kappa shape index (κ3) is 46.1. The lowest BCUT2D eigenvalue weighted by molar-refractivity contribution is -0.143. The van der Waals surface area contributed by atoms with E-state index in [1.54, 1.807) is 0 Å². The van der Waals surface area contributed by atoms with Crippen molar-refractivity contribution in [3.05, 3.63) is 12.2 Å². The molecule has 0 spiro atoms. The predicted molar refractivity (Wildman–Crippen MR) is 260 cm³/mol. The Hall–Kier alpha value is -1.40. The molecule has 0 aromatic carbocycles. The van der Waals surface area contributed by atoms with E-state index in [4.69, 9.17) is 4.74 Å². The summed E-state index contributed by atoms with van der Waals surface area (Å²) in [6, 6.07) is -0.554. The highest BCUT2D eigenvalue weighted by Crippen LogP contribution is 2.17. The van der Waals surface area contributed by atoms with Gasteiger partial charge in [0.15, 0.2) is 0 Å². The second-order valence-corrected chi connectivity index (χ2v) is 18.6. The molecule has 0 fully saturated rings. The summed E-state index contributed by atoms with van der Waals surface area (Å²) < 4.78 is 5.47. The molecule has 1 amide bonds. The van der Waals surface area contributed by atoms with Crippen LogP contribution in [0.2, 0.25) is 0 Å². The van der Waals surface area contributed by atoms with Crippen molar-refractivity contribution < 1.29 is 24.5 Å². The van der Waals surface area contributed by atoms with Crippen LogP contribution in [0.25, 0.3) is 0 Å². The van der Waals surface area contributed by atoms with Crippen LogP contribution in [-0.4, -0.2) is 47.4 Å². The number of rotatable bonds is 50. The first-order valence-corrected chi connectivity index (χ1v) is 26.9. The smallest absolute Gasteiger partial charge is 0.305 e. The molecule has 0 bridgehead atoms. The van der Waals surface area contributed by atoms with Crippen molar-refractivity contribution in [2.45, 2.75) is 309 Å². The van der Waals surface area contributed by atoms with E-state index >= 15 is 0 Å². The molecule has 3 N–H and O–H groups in total. The van der Waals surface area contributed by atoms with Crippen molar-refractivity contribution in [1.82, 2.24) is 5.32 Å². The van der Waals surface area contributed by atoms with Gasteiger partial charge in [0.05, 0.1) is 25.4 Å². The third-order valence-corrected chi connectivity index (χ3v) is 12.6. The summed E-state index contributed by atoms with van der Waals surface area (Å²) in [5.41, 5.74) is 0. The van der Waals surface area contributed by atoms with Crippen LogP contribution in [0.5, 0.6) is 0 Å². The van der Waals surface area contributed by atoms with Crippen LogP contribution < -0.4 is 5.32 Å². The molecule has 0 radical (unpaired) electrons. The highest BCUT2D eigenvalue weighted by molar-refractivity contribution is 5.76. The topological polar surface area (TPSA) is 95.9 Å². The summed E-state index contributed by atoms with van der Waals surface area (Å²) in [5, 5.41) is 23.2. The summed E-state index contributed by atoms with van der Waals surface area (Å²) in [6.07, 6.45) is 57.5. The standard InChI is InChI=1S/C54H105NO5/c1-3-5-7-9-11-13-15-17-19-20-22-24-28-32-36-40-44-48-54(59)60-49-45-41-37-33-29-25-27-31-35-39-43-47-53(58)55-51(50-56)52(57)46-42-38-34-30-26-23-21-18-16-14-12-10-8-6-4-2/h17,19,51-52,56-57H,3-16,18,20-50H2,1-2H3,(H,55,58)/b19-17-. The minimum Gasteiger partial charge on any atom is -0.466 e. The van der Waals surface area contributed by atoms with E-state index in [0.29, 0.717) is 25.9 Å². The summed E-state index contributed by atoms with van der Waals surface area (Å²) in [4.78, 5) is 24.5. The highest BCUT2D eigenvalue weighted by Gasteiger charge is 2.20. The van der Waals surface area contributed by atoms with E-state index in [1.807, 2.05) is 0 Å². The molecule has 2 unspecified atom stereocenters. The van der Waals surface area contributed by atoms with E-state index in [-0.39, 0.29) is 18.5 Å². The minimum atomic E-state index is -0.676. The van der Waals surface area contributed by atoms with E-state index in [2.05, 4.69) is 31.3 Å². The number of aliphatic hydroxyl groups excluding tert-OH is 2. The van der Waals surface area contributed by atoms with Gasteiger partial charge in [0.2, 0.25) is 5.91 Å². The van der Waals surface area contributed by atoms with Gasteiger partial charge in [-0.05, 0) is 51.4 Å². The number of aliphatic hydroxyl groups is 2. The number of carbonyl (C=O) groups is 2. The molecular weight excluding hydrogens is 743 g/mol. The Morgan fingerprint density at radius 2 is 0.783 bits per heavy atom. The summed E-state index contributed by atoms with van der Waals surface area (Å²) >= 11 is 0. The summed E-state index contributed by atoms with van der Waals surface area (Å²) in [6.45, 7) is 4.92. The van der Waals surface area contributed by atoms with Crippen molar-refractivity contribution in [1.29, 1.82) is 0 Å². The Kier molecular flexibility index (Phi) is 49.1. The first-order valence-electron chi connectivity index (χ1n) is 26.9. The molecule has 2 atom stereocenters. The van der Waals surface area contributed by atoms with Crippen LogP contribution >= 0.6 is 0 Å². The second kappa shape index (κ2) is 50.2. The molecule has 0 aromatic heterocycles. The number of carbonyl (C=O) groups excluding carboxylic acids is 2. The van der Waals surface area contributed by atoms with E-state index in [0.717, 1.165) is 57.8 Å². The Morgan fingerprint density at radius 3 is 1.18 bits per heavy atom. The zero-order chi connectivity index (χ0) is 43.7. The lowest BCUT2D eigenvalue weighted by atomic mass is 10.0. The van der Waals surface area contributed by atoms with Crippen molar-refractivity contribution in [3.63, 3.8) is 0 Å². The van der Waals surface area contributed by atoms with Crippen molar-refractivity contribution in [2.24, 2.45) is 0 Å². The number of amides is 1. The normalized spacial score (nSPS) is 12.7. The fraction of sp³-hybridized carbons (Fsp3) is 0.926. The number of hydrogen-bond acceptors (Lipinski definition) is 5. The van der Waals surface area contributed by atoms with Gasteiger partial charge in [-0.2, -0.15) is 0 Å². The second-order valence-electron chi connectivity index (χ2n) is 18.6. The zero-order valence-corrected chi connectivity index (χ0v) is 40.5. The van der Waals surface area contributed by atoms with E-state index < -0.39 is 12.1 Å². The van der Waals surface area contributed by atoms with Gasteiger partial charge in [0.25, 0.3) is 0 Å². The number of allylic oxidation sites excluding steroid dienone is 2. The maximum Gasteiger partial charge on any atom is 0.305 e. The first kappa shape index (κ1) is 58.6. The van der Waals surface area contributed by atoms with Crippen LogP contribution in [0.1, 0.15) is 296 Å². The SMILES string of the molecule is CCCCCCCC/C=C\CCCCCCCCCC(=O)OCCCCCCCCCCCCCC(=O)NC(CO)C(O)CCCCCCCCCCCCCCCCC. The fourth-order valence-electron chi connectivity index (χ4n) is 8.40. The maximum atomic E-state index is 12.5. The lowest BCUT2D eigenvalue weighted by Gasteiger charge is -2.22. The maximum absolute atomic E-state index is 12.5. The van der Waals surface area contributed by atoms with Gasteiger partial charge in [-0.1, -0.05) is 244 Å².